The van der Waals surface area contributed by atoms with Crippen LogP contribution in [0.25, 0.3) is 11.0 Å². The SMILES string of the molecule is NC1CCC(NCc2nc3ccccc3[nH]2)CC1Cc1ccccc1. The van der Waals surface area contributed by atoms with E-state index in [0.717, 1.165) is 49.1 Å². The van der Waals surface area contributed by atoms with E-state index in [2.05, 4.69) is 51.7 Å². The zero-order valence-electron chi connectivity index (χ0n) is 14.5. The average Bonchev–Trinajstić information content (AvgIpc) is 3.06. The standard InChI is InChI=1S/C21H26N4/c22-18-11-10-17(13-16(18)12-15-6-2-1-3-7-15)23-14-21-24-19-8-4-5-9-20(19)25-21/h1-9,16-18,23H,10-14,22H2,(H,24,25). The lowest BCUT2D eigenvalue weighted by Gasteiger charge is -2.34. The highest BCUT2D eigenvalue weighted by atomic mass is 15.0. The van der Waals surface area contributed by atoms with Gasteiger partial charge in [0, 0.05) is 12.1 Å². The number of fused-ring (bicyclic) bond motifs is 1. The van der Waals surface area contributed by atoms with Gasteiger partial charge in [-0.15, -0.1) is 0 Å². The van der Waals surface area contributed by atoms with Gasteiger partial charge in [-0.05, 0) is 49.3 Å². The summed E-state index contributed by atoms with van der Waals surface area (Å²) in [6.07, 6.45) is 4.45. The molecule has 0 bridgehead atoms. The monoisotopic (exact) mass is 334 g/mol. The number of benzene rings is 2. The van der Waals surface area contributed by atoms with E-state index in [1.807, 2.05) is 18.2 Å². The van der Waals surface area contributed by atoms with E-state index in [4.69, 9.17) is 5.73 Å². The predicted octanol–water partition coefficient (Wildman–Crippen LogP) is 3.39. The molecule has 0 amide bonds. The van der Waals surface area contributed by atoms with E-state index < -0.39 is 0 Å². The van der Waals surface area contributed by atoms with Crippen molar-refractivity contribution in [2.75, 3.05) is 0 Å². The predicted molar refractivity (Wildman–Crippen MR) is 102 cm³/mol. The Morgan fingerprint density at radius 1 is 1.04 bits per heavy atom. The summed E-state index contributed by atoms with van der Waals surface area (Å²) in [6.45, 7) is 0.784. The fourth-order valence-electron chi connectivity index (χ4n) is 3.95. The van der Waals surface area contributed by atoms with Crippen LogP contribution in [0.2, 0.25) is 0 Å². The van der Waals surface area contributed by atoms with Crippen molar-refractivity contribution >= 4 is 11.0 Å². The van der Waals surface area contributed by atoms with E-state index >= 15 is 0 Å². The summed E-state index contributed by atoms with van der Waals surface area (Å²) in [5.74, 6) is 1.56. The highest BCUT2D eigenvalue weighted by molar-refractivity contribution is 5.74. The zero-order valence-corrected chi connectivity index (χ0v) is 14.5. The molecule has 0 aliphatic heterocycles. The van der Waals surface area contributed by atoms with Gasteiger partial charge in [0.05, 0.1) is 17.6 Å². The van der Waals surface area contributed by atoms with Gasteiger partial charge in [-0.2, -0.15) is 0 Å². The molecule has 1 aliphatic rings. The Bertz CT molecular complexity index is 778. The largest absolute Gasteiger partial charge is 0.341 e. The Labute approximate surface area is 148 Å². The smallest absolute Gasteiger partial charge is 0.121 e. The van der Waals surface area contributed by atoms with Crippen molar-refractivity contribution in [1.82, 2.24) is 15.3 Å². The minimum absolute atomic E-state index is 0.310. The number of hydrogen-bond acceptors (Lipinski definition) is 3. The lowest BCUT2D eigenvalue weighted by atomic mass is 9.78. The van der Waals surface area contributed by atoms with Crippen molar-refractivity contribution in [3.05, 3.63) is 66.0 Å². The molecule has 1 aliphatic carbocycles. The third kappa shape index (κ3) is 3.91. The Morgan fingerprint density at radius 3 is 2.68 bits per heavy atom. The molecule has 4 N–H and O–H groups in total. The maximum absolute atomic E-state index is 6.40. The van der Waals surface area contributed by atoms with Crippen LogP contribution in [0.3, 0.4) is 0 Å². The summed E-state index contributed by atoms with van der Waals surface area (Å²) in [7, 11) is 0. The fourth-order valence-corrected chi connectivity index (χ4v) is 3.95. The third-order valence-corrected chi connectivity index (χ3v) is 5.38. The number of aromatic amines is 1. The molecule has 4 rings (SSSR count). The molecule has 1 aromatic heterocycles. The summed E-state index contributed by atoms with van der Waals surface area (Å²) in [5, 5.41) is 3.69. The van der Waals surface area contributed by atoms with Gasteiger partial charge < -0.3 is 16.0 Å². The van der Waals surface area contributed by atoms with Crippen molar-refractivity contribution in [1.29, 1.82) is 0 Å². The van der Waals surface area contributed by atoms with Gasteiger partial charge in [-0.1, -0.05) is 42.5 Å². The van der Waals surface area contributed by atoms with Gasteiger partial charge in [0.2, 0.25) is 0 Å². The molecule has 1 heterocycles. The number of hydrogen-bond donors (Lipinski definition) is 3. The molecule has 0 radical (unpaired) electrons. The van der Waals surface area contributed by atoms with Crippen LogP contribution in [0.5, 0.6) is 0 Å². The second kappa shape index (κ2) is 7.38. The summed E-state index contributed by atoms with van der Waals surface area (Å²) in [4.78, 5) is 8.05. The van der Waals surface area contributed by atoms with Crippen LogP contribution in [0, 0.1) is 5.92 Å². The normalized spacial score (nSPS) is 23.8. The van der Waals surface area contributed by atoms with Crippen molar-refractivity contribution in [2.45, 2.75) is 44.3 Å². The van der Waals surface area contributed by atoms with Gasteiger partial charge in [0.15, 0.2) is 0 Å². The lowest BCUT2D eigenvalue weighted by Crippen LogP contribution is -2.44. The molecule has 0 spiro atoms. The van der Waals surface area contributed by atoms with Crippen LogP contribution >= 0.6 is 0 Å². The van der Waals surface area contributed by atoms with Gasteiger partial charge in [-0.3, -0.25) is 0 Å². The number of H-pyrrole nitrogens is 1. The Balaban J connectivity index is 1.36. The number of para-hydroxylation sites is 2. The van der Waals surface area contributed by atoms with Gasteiger partial charge in [0.1, 0.15) is 5.82 Å². The molecule has 1 saturated carbocycles. The minimum atomic E-state index is 0.310. The Morgan fingerprint density at radius 2 is 1.84 bits per heavy atom. The number of nitrogens with two attached hydrogens (primary N) is 1. The molecule has 0 saturated heterocycles. The molecule has 3 unspecified atom stereocenters. The number of nitrogens with zero attached hydrogens (tertiary/aromatic N) is 1. The Kier molecular flexibility index (Phi) is 4.81. The molecule has 1 fully saturated rings. The minimum Gasteiger partial charge on any atom is -0.341 e. The first-order chi connectivity index (χ1) is 12.3. The van der Waals surface area contributed by atoms with Crippen LogP contribution in [0.4, 0.5) is 0 Å². The first-order valence-corrected chi connectivity index (χ1v) is 9.24. The van der Waals surface area contributed by atoms with Gasteiger partial charge in [0.25, 0.3) is 0 Å². The highest BCUT2D eigenvalue weighted by Crippen LogP contribution is 2.27. The van der Waals surface area contributed by atoms with Crippen LogP contribution in [0.1, 0.15) is 30.7 Å². The van der Waals surface area contributed by atoms with E-state index in [9.17, 15) is 0 Å². The summed E-state index contributed by atoms with van der Waals surface area (Å²) < 4.78 is 0. The molecule has 4 nitrogen and oxygen atoms in total. The molecule has 3 aromatic rings. The van der Waals surface area contributed by atoms with Crippen molar-refractivity contribution < 1.29 is 0 Å². The second-order valence-electron chi connectivity index (χ2n) is 7.21. The van der Waals surface area contributed by atoms with E-state index in [1.165, 1.54) is 5.56 Å². The average molecular weight is 334 g/mol. The fraction of sp³-hybridized carbons (Fsp3) is 0.381. The lowest BCUT2D eigenvalue weighted by molar-refractivity contribution is 0.248. The van der Waals surface area contributed by atoms with E-state index in [-0.39, 0.29) is 0 Å². The quantitative estimate of drug-likeness (QED) is 0.670. The maximum Gasteiger partial charge on any atom is 0.121 e. The molecule has 4 heteroatoms. The third-order valence-electron chi connectivity index (χ3n) is 5.38. The summed E-state index contributed by atoms with van der Waals surface area (Å²) in [6, 6.07) is 19.7. The van der Waals surface area contributed by atoms with E-state index in [0.29, 0.717) is 18.0 Å². The molecule has 25 heavy (non-hydrogen) atoms. The first-order valence-electron chi connectivity index (χ1n) is 9.24. The molecular formula is C21H26N4. The van der Waals surface area contributed by atoms with Gasteiger partial charge in [-0.25, -0.2) is 4.98 Å². The van der Waals surface area contributed by atoms with Crippen LogP contribution in [-0.4, -0.2) is 22.1 Å². The van der Waals surface area contributed by atoms with Gasteiger partial charge >= 0.3 is 0 Å². The Hall–Kier alpha value is -2.17. The van der Waals surface area contributed by atoms with E-state index in [1.54, 1.807) is 0 Å². The van der Waals surface area contributed by atoms with Crippen molar-refractivity contribution in [3.8, 4) is 0 Å². The van der Waals surface area contributed by atoms with Crippen molar-refractivity contribution in [2.24, 2.45) is 11.7 Å². The summed E-state index contributed by atoms with van der Waals surface area (Å²) in [5.41, 5.74) is 9.93. The molecule has 2 aromatic carbocycles. The topological polar surface area (TPSA) is 66.7 Å². The van der Waals surface area contributed by atoms with Crippen molar-refractivity contribution in [3.63, 3.8) is 0 Å². The maximum atomic E-state index is 6.40. The second-order valence-corrected chi connectivity index (χ2v) is 7.21. The van der Waals surface area contributed by atoms with Crippen LogP contribution in [-0.2, 0) is 13.0 Å². The number of imidazole rings is 1. The molecule has 3 atom stereocenters. The molecular weight excluding hydrogens is 308 g/mol. The number of aromatic nitrogens is 2. The molecule has 130 valence electrons. The van der Waals surface area contributed by atoms with Crippen LogP contribution < -0.4 is 11.1 Å². The first kappa shape index (κ1) is 16.3. The number of rotatable bonds is 5. The number of nitrogens with one attached hydrogen (secondary N) is 2. The zero-order chi connectivity index (χ0) is 17.1. The van der Waals surface area contributed by atoms with Crippen LogP contribution in [0.15, 0.2) is 54.6 Å². The highest BCUT2D eigenvalue weighted by Gasteiger charge is 2.28. The summed E-state index contributed by atoms with van der Waals surface area (Å²) >= 11 is 0.